The molecule has 8 heteroatoms. The summed E-state index contributed by atoms with van der Waals surface area (Å²) in [6.45, 7) is 1.62. The summed E-state index contributed by atoms with van der Waals surface area (Å²) >= 11 is 0. The van der Waals surface area contributed by atoms with Crippen LogP contribution in [0.3, 0.4) is 0 Å². The Labute approximate surface area is 145 Å². The highest BCUT2D eigenvalue weighted by Gasteiger charge is 2.29. The van der Waals surface area contributed by atoms with E-state index in [-0.39, 0.29) is 12.6 Å². The lowest BCUT2D eigenvalue weighted by atomic mass is 10.1. The number of halogens is 2. The zero-order valence-electron chi connectivity index (χ0n) is 13.6. The molecule has 25 heavy (non-hydrogen) atoms. The van der Waals surface area contributed by atoms with E-state index in [1.165, 1.54) is 6.26 Å². The maximum absolute atomic E-state index is 13.8. The third-order valence-corrected chi connectivity index (χ3v) is 5.83. The molecule has 2 heterocycles. The summed E-state index contributed by atoms with van der Waals surface area (Å²) in [5, 5.41) is 0. The summed E-state index contributed by atoms with van der Waals surface area (Å²) < 4.78 is 60.2. The number of hydrogen-bond acceptors (Lipinski definition) is 4. The molecule has 136 valence electrons. The second-order valence-electron chi connectivity index (χ2n) is 6.03. The smallest absolute Gasteiger partial charge is 0.246 e. The summed E-state index contributed by atoms with van der Waals surface area (Å²) in [5.74, 6) is -1.60. The molecule has 2 aromatic rings. The summed E-state index contributed by atoms with van der Waals surface area (Å²) in [6.07, 6.45) is 4.70. The molecule has 1 atom stereocenters. The standard InChI is InChI=1S/C17H20F2N2O3S/c18-13-6-4-7-14(19)17(13)25(22,23)20-12-15(16-8-5-11-24-16)21-9-2-1-3-10-21/h4-8,11,15,20H,1-3,9-10,12H2/t15-/m1/s1. The number of hydrogen-bond donors (Lipinski definition) is 1. The number of nitrogens with zero attached hydrogens (tertiary/aromatic N) is 1. The molecule has 0 unspecified atom stereocenters. The van der Waals surface area contributed by atoms with Gasteiger partial charge >= 0.3 is 0 Å². The first-order valence-corrected chi connectivity index (χ1v) is 9.68. The lowest BCUT2D eigenvalue weighted by Crippen LogP contribution is -2.40. The maximum atomic E-state index is 13.8. The van der Waals surface area contributed by atoms with Gasteiger partial charge in [0.15, 0.2) is 4.90 Å². The van der Waals surface area contributed by atoms with Gasteiger partial charge in [-0.25, -0.2) is 21.9 Å². The first-order chi connectivity index (χ1) is 12.0. The molecule has 0 bridgehead atoms. The van der Waals surface area contributed by atoms with Crippen LogP contribution in [0.1, 0.15) is 31.1 Å². The maximum Gasteiger partial charge on any atom is 0.246 e. The van der Waals surface area contributed by atoms with Crippen molar-refractivity contribution in [2.24, 2.45) is 0 Å². The van der Waals surface area contributed by atoms with E-state index in [1.807, 2.05) is 0 Å². The summed E-state index contributed by atoms with van der Waals surface area (Å²) in [4.78, 5) is 1.18. The summed E-state index contributed by atoms with van der Waals surface area (Å²) in [7, 11) is -4.31. The van der Waals surface area contributed by atoms with Gasteiger partial charge in [-0.2, -0.15) is 0 Å². The SMILES string of the molecule is O=S(=O)(NC[C@H](c1ccco1)N1CCCCC1)c1c(F)cccc1F. The average Bonchev–Trinajstić information content (AvgIpc) is 3.10. The van der Waals surface area contributed by atoms with Gasteiger partial charge in [-0.05, 0) is 50.2 Å². The Morgan fingerprint density at radius 3 is 2.36 bits per heavy atom. The third-order valence-electron chi connectivity index (χ3n) is 4.36. The van der Waals surface area contributed by atoms with Crippen LogP contribution in [0, 0.1) is 11.6 Å². The molecular weight excluding hydrogens is 350 g/mol. The van der Waals surface area contributed by atoms with Crippen molar-refractivity contribution in [3.8, 4) is 0 Å². The van der Waals surface area contributed by atoms with Crippen LogP contribution in [-0.4, -0.2) is 33.0 Å². The Kier molecular flexibility index (Phi) is 5.51. The van der Waals surface area contributed by atoms with Gasteiger partial charge in [-0.3, -0.25) is 4.90 Å². The van der Waals surface area contributed by atoms with Crippen LogP contribution in [0.4, 0.5) is 8.78 Å². The highest BCUT2D eigenvalue weighted by atomic mass is 32.2. The van der Waals surface area contributed by atoms with E-state index in [9.17, 15) is 17.2 Å². The van der Waals surface area contributed by atoms with Gasteiger partial charge in [0.25, 0.3) is 0 Å². The Morgan fingerprint density at radius 1 is 1.08 bits per heavy atom. The molecule has 0 amide bonds. The fraction of sp³-hybridized carbons (Fsp3) is 0.412. The highest BCUT2D eigenvalue weighted by molar-refractivity contribution is 7.89. The molecule has 1 N–H and O–H groups in total. The number of furan rings is 1. The Hall–Kier alpha value is -1.77. The highest BCUT2D eigenvalue weighted by Crippen LogP contribution is 2.25. The molecule has 1 saturated heterocycles. The minimum Gasteiger partial charge on any atom is -0.468 e. The van der Waals surface area contributed by atoms with Gasteiger partial charge in [-0.1, -0.05) is 12.5 Å². The lowest BCUT2D eigenvalue weighted by Gasteiger charge is -2.33. The van der Waals surface area contributed by atoms with Gasteiger partial charge in [0.1, 0.15) is 17.4 Å². The van der Waals surface area contributed by atoms with E-state index in [2.05, 4.69) is 9.62 Å². The predicted octanol–water partition coefficient (Wildman–Crippen LogP) is 3.06. The first kappa shape index (κ1) is 18.0. The number of piperidine rings is 1. The second-order valence-corrected chi connectivity index (χ2v) is 7.73. The predicted molar refractivity (Wildman–Crippen MR) is 88.4 cm³/mol. The fourth-order valence-electron chi connectivity index (χ4n) is 3.12. The molecule has 1 aromatic heterocycles. The minimum atomic E-state index is -4.31. The molecular formula is C17H20F2N2O3S. The van der Waals surface area contributed by atoms with Crippen LogP contribution in [0.25, 0.3) is 0 Å². The van der Waals surface area contributed by atoms with Gasteiger partial charge in [-0.15, -0.1) is 0 Å². The molecule has 3 rings (SSSR count). The van der Waals surface area contributed by atoms with Gasteiger partial charge in [0.2, 0.25) is 10.0 Å². The largest absolute Gasteiger partial charge is 0.468 e. The van der Waals surface area contributed by atoms with Crippen LogP contribution in [0.5, 0.6) is 0 Å². The summed E-state index contributed by atoms with van der Waals surface area (Å²) in [6, 6.07) is 6.16. The Morgan fingerprint density at radius 2 is 1.76 bits per heavy atom. The quantitative estimate of drug-likeness (QED) is 0.849. The molecule has 0 spiro atoms. The second kappa shape index (κ2) is 7.63. The molecule has 1 fully saturated rings. The van der Waals surface area contributed by atoms with Crippen LogP contribution in [-0.2, 0) is 10.0 Å². The number of likely N-dealkylation sites (tertiary alicyclic amines) is 1. The van der Waals surface area contributed by atoms with Crippen molar-refractivity contribution in [1.29, 1.82) is 0 Å². The van der Waals surface area contributed by atoms with Crippen LogP contribution in [0.2, 0.25) is 0 Å². The topological polar surface area (TPSA) is 62.6 Å². The van der Waals surface area contributed by atoms with E-state index < -0.39 is 26.6 Å². The molecule has 0 saturated carbocycles. The average molecular weight is 370 g/mol. The van der Waals surface area contributed by atoms with Crippen LogP contribution >= 0.6 is 0 Å². The number of sulfonamides is 1. The first-order valence-electron chi connectivity index (χ1n) is 8.20. The summed E-state index contributed by atoms with van der Waals surface area (Å²) in [5.41, 5.74) is 0. The van der Waals surface area contributed by atoms with E-state index in [4.69, 9.17) is 4.42 Å². The van der Waals surface area contributed by atoms with Crippen LogP contribution in [0.15, 0.2) is 45.9 Å². The molecule has 1 aliphatic heterocycles. The zero-order valence-corrected chi connectivity index (χ0v) is 14.4. The van der Waals surface area contributed by atoms with E-state index in [0.29, 0.717) is 5.76 Å². The number of rotatable bonds is 6. The monoisotopic (exact) mass is 370 g/mol. The Balaban J connectivity index is 1.81. The van der Waals surface area contributed by atoms with Crippen molar-refractivity contribution in [2.75, 3.05) is 19.6 Å². The van der Waals surface area contributed by atoms with E-state index in [0.717, 1.165) is 50.6 Å². The van der Waals surface area contributed by atoms with E-state index >= 15 is 0 Å². The lowest BCUT2D eigenvalue weighted by molar-refractivity contribution is 0.147. The van der Waals surface area contributed by atoms with E-state index in [1.54, 1.807) is 12.1 Å². The molecule has 5 nitrogen and oxygen atoms in total. The van der Waals surface area contributed by atoms with Gasteiger partial charge < -0.3 is 4.42 Å². The minimum absolute atomic E-state index is 0.0242. The number of benzene rings is 1. The Bertz CT molecular complexity index is 783. The molecule has 0 radical (unpaired) electrons. The van der Waals surface area contributed by atoms with Crippen molar-refractivity contribution in [3.05, 3.63) is 54.0 Å². The van der Waals surface area contributed by atoms with Crippen molar-refractivity contribution < 1.29 is 21.6 Å². The molecule has 1 aliphatic rings. The fourth-order valence-corrected chi connectivity index (χ4v) is 4.29. The van der Waals surface area contributed by atoms with Gasteiger partial charge in [0.05, 0.1) is 12.3 Å². The van der Waals surface area contributed by atoms with Crippen molar-refractivity contribution in [1.82, 2.24) is 9.62 Å². The number of nitrogens with one attached hydrogen (secondary N) is 1. The molecule has 1 aromatic carbocycles. The normalized spacial score (nSPS) is 17.5. The zero-order chi connectivity index (χ0) is 17.9. The molecule has 0 aliphatic carbocycles. The van der Waals surface area contributed by atoms with Crippen molar-refractivity contribution >= 4 is 10.0 Å². The van der Waals surface area contributed by atoms with Crippen molar-refractivity contribution in [3.63, 3.8) is 0 Å². The van der Waals surface area contributed by atoms with Crippen molar-refractivity contribution in [2.45, 2.75) is 30.2 Å². The van der Waals surface area contributed by atoms with Crippen LogP contribution < -0.4 is 4.72 Å². The third kappa shape index (κ3) is 4.08. The van der Waals surface area contributed by atoms with Gasteiger partial charge in [0, 0.05) is 6.54 Å².